The largest absolute Gasteiger partial charge is 0.370 e. The summed E-state index contributed by atoms with van der Waals surface area (Å²) < 4.78 is 0. The van der Waals surface area contributed by atoms with Crippen LogP contribution in [0, 0.1) is 5.92 Å². The van der Waals surface area contributed by atoms with Gasteiger partial charge in [0.1, 0.15) is 0 Å². The van der Waals surface area contributed by atoms with Crippen LogP contribution < -0.4 is 10.2 Å². The van der Waals surface area contributed by atoms with Crippen LogP contribution in [-0.4, -0.2) is 19.0 Å². The zero-order chi connectivity index (χ0) is 17.6. The molecule has 0 atom stereocenters. The number of nitrogens with one attached hydrogen (secondary N) is 1. The number of benzene rings is 2. The predicted molar refractivity (Wildman–Crippen MR) is 106 cm³/mol. The Balaban J connectivity index is 1.68. The lowest BCUT2D eigenvalue weighted by Crippen LogP contribution is -2.33. The topological polar surface area (TPSA) is 32.3 Å². The van der Waals surface area contributed by atoms with E-state index >= 15 is 0 Å². The normalized spacial score (nSPS) is 15.5. The molecular weight excluding hydrogens is 332 g/mol. The average Bonchev–Trinajstić information content (AvgIpc) is 2.63. The summed E-state index contributed by atoms with van der Waals surface area (Å²) in [6.45, 7) is 4.37. The maximum absolute atomic E-state index is 12.3. The number of para-hydroxylation sites is 2. The van der Waals surface area contributed by atoms with E-state index in [0.29, 0.717) is 5.02 Å². The van der Waals surface area contributed by atoms with Crippen LogP contribution in [0.3, 0.4) is 0 Å². The van der Waals surface area contributed by atoms with Crippen molar-refractivity contribution < 1.29 is 4.79 Å². The van der Waals surface area contributed by atoms with Gasteiger partial charge >= 0.3 is 0 Å². The molecule has 3 rings (SSSR count). The minimum Gasteiger partial charge on any atom is -0.370 e. The Labute approximate surface area is 154 Å². The number of carbonyl (C=O) groups is 1. The summed E-state index contributed by atoms with van der Waals surface area (Å²) in [7, 11) is 0. The number of nitrogens with zero attached hydrogens (tertiary/aromatic N) is 1. The highest BCUT2D eigenvalue weighted by atomic mass is 35.5. The molecule has 25 heavy (non-hydrogen) atoms. The lowest BCUT2D eigenvalue weighted by molar-refractivity contribution is -0.111. The van der Waals surface area contributed by atoms with Gasteiger partial charge in [0, 0.05) is 24.2 Å². The fraction of sp³-hybridized carbons (Fsp3) is 0.286. The van der Waals surface area contributed by atoms with E-state index in [1.807, 2.05) is 42.5 Å². The summed E-state index contributed by atoms with van der Waals surface area (Å²) in [5.74, 6) is 0.646. The Morgan fingerprint density at radius 3 is 2.52 bits per heavy atom. The molecule has 3 nitrogen and oxygen atoms in total. The van der Waals surface area contributed by atoms with Gasteiger partial charge in [0.15, 0.2) is 0 Å². The van der Waals surface area contributed by atoms with Crippen LogP contribution in [0.4, 0.5) is 11.4 Å². The van der Waals surface area contributed by atoms with E-state index in [1.54, 1.807) is 12.2 Å². The third-order valence-electron chi connectivity index (χ3n) is 4.58. The van der Waals surface area contributed by atoms with Crippen molar-refractivity contribution in [1.29, 1.82) is 0 Å². The third kappa shape index (κ3) is 4.86. The average molecular weight is 355 g/mol. The highest BCUT2D eigenvalue weighted by molar-refractivity contribution is 6.30. The minimum absolute atomic E-state index is 0.132. The van der Waals surface area contributed by atoms with Crippen molar-refractivity contribution in [2.24, 2.45) is 5.92 Å². The summed E-state index contributed by atoms with van der Waals surface area (Å²) in [5.41, 5.74) is 2.91. The standard InChI is InChI=1S/C21H23ClN2O/c1-16-12-14-24(15-13-16)20-5-3-2-4-19(20)23-21(25)11-8-17-6-9-18(22)10-7-17/h2-11,16H,12-15H2,1H3,(H,23,25). The first-order valence-corrected chi connectivity index (χ1v) is 9.08. The van der Waals surface area contributed by atoms with Crippen LogP contribution in [0.2, 0.25) is 5.02 Å². The quantitative estimate of drug-likeness (QED) is 0.762. The first kappa shape index (κ1) is 17.6. The maximum Gasteiger partial charge on any atom is 0.248 e. The minimum atomic E-state index is -0.132. The monoisotopic (exact) mass is 354 g/mol. The number of piperidine rings is 1. The van der Waals surface area contributed by atoms with Crippen LogP contribution in [0.15, 0.2) is 54.6 Å². The molecule has 0 saturated carbocycles. The molecule has 1 heterocycles. The van der Waals surface area contributed by atoms with Gasteiger partial charge in [0.05, 0.1) is 11.4 Å². The molecule has 2 aromatic carbocycles. The van der Waals surface area contributed by atoms with Crippen molar-refractivity contribution in [2.45, 2.75) is 19.8 Å². The van der Waals surface area contributed by atoms with Crippen molar-refractivity contribution in [2.75, 3.05) is 23.3 Å². The summed E-state index contributed by atoms with van der Waals surface area (Å²) in [4.78, 5) is 14.7. The van der Waals surface area contributed by atoms with Crippen molar-refractivity contribution in [1.82, 2.24) is 0 Å². The molecule has 0 aromatic heterocycles. The van der Waals surface area contributed by atoms with E-state index in [1.165, 1.54) is 12.8 Å². The number of carbonyl (C=O) groups excluding carboxylic acids is 1. The predicted octanol–water partition coefficient (Wildman–Crippen LogP) is 5.23. The molecule has 1 saturated heterocycles. The van der Waals surface area contributed by atoms with Crippen molar-refractivity contribution in [3.8, 4) is 0 Å². The lowest BCUT2D eigenvalue weighted by Gasteiger charge is -2.33. The van der Waals surface area contributed by atoms with E-state index in [9.17, 15) is 4.79 Å². The number of anilines is 2. The van der Waals surface area contributed by atoms with Gasteiger partial charge in [0.2, 0.25) is 5.91 Å². The fourth-order valence-corrected chi connectivity index (χ4v) is 3.15. The number of amides is 1. The summed E-state index contributed by atoms with van der Waals surface area (Å²) >= 11 is 5.87. The van der Waals surface area contributed by atoms with E-state index in [-0.39, 0.29) is 5.91 Å². The van der Waals surface area contributed by atoms with E-state index in [0.717, 1.165) is 35.9 Å². The second-order valence-corrected chi connectivity index (χ2v) is 7.00. The van der Waals surface area contributed by atoms with Crippen LogP contribution in [0.25, 0.3) is 6.08 Å². The Bertz CT molecular complexity index is 747. The molecule has 0 unspecified atom stereocenters. The fourth-order valence-electron chi connectivity index (χ4n) is 3.02. The Morgan fingerprint density at radius 2 is 1.80 bits per heavy atom. The van der Waals surface area contributed by atoms with Crippen LogP contribution in [-0.2, 0) is 4.79 Å². The molecule has 1 aliphatic rings. The van der Waals surface area contributed by atoms with Gasteiger partial charge in [-0.3, -0.25) is 4.79 Å². The number of rotatable bonds is 4. The highest BCUT2D eigenvalue weighted by Crippen LogP contribution is 2.29. The molecule has 1 amide bonds. The Morgan fingerprint density at radius 1 is 1.12 bits per heavy atom. The van der Waals surface area contributed by atoms with Crippen LogP contribution >= 0.6 is 11.6 Å². The maximum atomic E-state index is 12.3. The smallest absolute Gasteiger partial charge is 0.248 e. The first-order valence-electron chi connectivity index (χ1n) is 8.70. The zero-order valence-electron chi connectivity index (χ0n) is 14.4. The van der Waals surface area contributed by atoms with Gasteiger partial charge in [0.25, 0.3) is 0 Å². The number of hydrogen-bond donors (Lipinski definition) is 1. The zero-order valence-corrected chi connectivity index (χ0v) is 15.2. The second kappa shape index (κ2) is 8.21. The van der Waals surface area contributed by atoms with E-state index in [4.69, 9.17) is 11.6 Å². The molecule has 1 N–H and O–H groups in total. The molecule has 0 aliphatic carbocycles. The van der Waals surface area contributed by atoms with Gasteiger partial charge in [-0.15, -0.1) is 0 Å². The van der Waals surface area contributed by atoms with Gasteiger partial charge in [-0.2, -0.15) is 0 Å². The van der Waals surface area contributed by atoms with Crippen LogP contribution in [0.1, 0.15) is 25.3 Å². The van der Waals surface area contributed by atoms with E-state index < -0.39 is 0 Å². The molecule has 0 spiro atoms. The van der Waals surface area contributed by atoms with Crippen molar-refractivity contribution in [3.63, 3.8) is 0 Å². The molecule has 1 fully saturated rings. The molecule has 4 heteroatoms. The van der Waals surface area contributed by atoms with Gasteiger partial charge < -0.3 is 10.2 Å². The molecule has 0 radical (unpaired) electrons. The van der Waals surface area contributed by atoms with Crippen LogP contribution in [0.5, 0.6) is 0 Å². The Hall–Kier alpha value is -2.26. The first-order chi connectivity index (χ1) is 12.1. The van der Waals surface area contributed by atoms with E-state index in [2.05, 4.69) is 23.2 Å². The molecule has 2 aromatic rings. The van der Waals surface area contributed by atoms with Gasteiger partial charge in [-0.05, 0) is 54.7 Å². The number of halogens is 1. The molecule has 0 bridgehead atoms. The van der Waals surface area contributed by atoms with Gasteiger partial charge in [-0.1, -0.05) is 42.8 Å². The Kier molecular flexibility index (Phi) is 5.77. The molecule has 130 valence electrons. The van der Waals surface area contributed by atoms with Crippen molar-refractivity contribution >= 4 is 35.0 Å². The van der Waals surface area contributed by atoms with Crippen molar-refractivity contribution in [3.05, 3.63) is 65.2 Å². The highest BCUT2D eigenvalue weighted by Gasteiger charge is 2.18. The summed E-state index contributed by atoms with van der Waals surface area (Å²) in [6, 6.07) is 15.4. The number of hydrogen-bond acceptors (Lipinski definition) is 2. The summed E-state index contributed by atoms with van der Waals surface area (Å²) in [6.07, 6.45) is 5.73. The third-order valence-corrected chi connectivity index (χ3v) is 4.84. The molecule has 1 aliphatic heterocycles. The summed E-state index contributed by atoms with van der Waals surface area (Å²) in [5, 5.41) is 3.69. The molecular formula is C21H23ClN2O. The second-order valence-electron chi connectivity index (χ2n) is 6.56. The lowest BCUT2D eigenvalue weighted by atomic mass is 9.98. The van der Waals surface area contributed by atoms with Gasteiger partial charge in [-0.25, -0.2) is 0 Å². The SMILES string of the molecule is CC1CCN(c2ccccc2NC(=O)C=Cc2ccc(Cl)cc2)CC1.